The van der Waals surface area contributed by atoms with Gasteiger partial charge in [-0.15, -0.1) is 46.4 Å². The SMILES string of the molecule is OCCCC(Cl)CCl.OCCCCC(Cl)Cl. The highest BCUT2D eigenvalue weighted by Crippen LogP contribution is 2.10. The minimum absolute atomic E-state index is 0.0313. The van der Waals surface area contributed by atoms with Crippen molar-refractivity contribution in [2.75, 3.05) is 19.1 Å². The molecular formula is C10H20Cl4O2. The molecule has 0 spiro atoms. The molecule has 6 heteroatoms. The second-order valence-electron chi connectivity index (χ2n) is 3.23. The van der Waals surface area contributed by atoms with E-state index in [-0.39, 0.29) is 23.4 Å². The first-order valence-corrected chi connectivity index (χ1v) is 7.12. The molecule has 0 aromatic rings. The summed E-state index contributed by atoms with van der Waals surface area (Å²) in [5.41, 5.74) is 0. The summed E-state index contributed by atoms with van der Waals surface area (Å²) >= 11 is 21.8. The van der Waals surface area contributed by atoms with Gasteiger partial charge in [-0.05, 0) is 32.1 Å². The van der Waals surface area contributed by atoms with Crippen LogP contribution in [0.3, 0.4) is 0 Å². The number of alkyl halides is 4. The number of hydrogen-bond acceptors (Lipinski definition) is 2. The van der Waals surface area contributed by atoms with Gasteiger partial charge in [-0.3, -0.25) is 0 Å². The summed E-state index contributed by atoms with van der Waals surface area (Å²) in [5.74, 6) is 0.474. The van der Waals surface area contributed by atoms with Crippen LogP contribution >= 0.6 is 46.4 Å². The largest absolute Gasteiger partial charge is 0.396 e. The molecule has 0 aromatic heterocycles. The van der Waals surface area contributed by atoms with E-state index in [1.807, 2.05) is 0 Å². The fourth-order valence-electron chi connectivity index (χ4n) is 0.800. The molecule has 0 saturated heterocycles. The van der Waals surface area contributed by atoms with Gasteiger partial charge in [0.15, 0.2) is 0 Å². The molecule has 0 aliphatic carbocycles. The van der Waals surface area contributed by atoms with Crippen molar-refractivity contribution >= 4 is 46.4 Å². The number of aliphatic hydroxyl groups excluding tert-OH is 2. The van der Waals surface area contributed by atoms with Crippen LogP contribution in [0.15, 0.2) is 0 Å². The Morgan fingerprint density at radius 2 is 1.38 bits per heavy atom. The first-order valence-electron chi connectivity index (χ1n) is 5.28. The standard InChI is InChI=1S/2C5H10Cl2O/c6-4-5(7)2-1-3-8;6-5(7)3-1-2-4-8/h2*5,8H,1-4H2. The third-order valence-electron chi connectivity index (χ3n) is 1.67. The zero-order valence-electron chi connectivity index (χ0n) is 9.22. The lowest BCUT2D eigenvalue weighted by molar-refractivity contribution is 0.283. The van der Waals surface area contributed by atoms with Crippen LogP contribution in [-0.4, -0.2) is 39.5 Å². The Kier molecular flexibility index (Phi) is 19.5. The molecule has 0 rings (SSSR count). The van der Waals surface area contributed by atoms with Crippen LogP contribution in [0, 0.1) is 0 Å². The van der Waals surface area contributed by atoms with Gasteiger partial charge in [0.25, 0.3) is 0 Å². The van der Waals surface area contributed by atoms with Crippen LogP contribution in [0.25, 0.3) is 0 Å². The highest BCUT2D eigenvalue weighted by molar-refractivity contribution is 6.44. The molecule has 2 nitrogen and oxygen atoms in total. The predicted octanol–water partition coefficient (Wildman–Crippen LogP) is 3.56. The smallest absolute Gasteiger partial charge is 0.107 e. The first kappa shape index (κ1) is 19.4. The van der Waals surface area contributed by atoms with Gasteiger partial charge in [0, 0.05) is 24.5 Å². The van der Waals surface area contributed by atoms with E-state index in [4.69, 9.17) is 56.6 Å². The van der Waals surface area contributed by atoms with Crippen molar-refractivity contribution < 1.29 is 10.2 Å². The van der Waals surface area contributed by atoms with Crippen LogP contribution in [-0.2, 0) is 0 Å². The molecular weight excluding hydrogens is 294 g/mol. The molecule has 0 aliphatic rings. The quantitative estimate of drug-likeness (QED) is 0.531. The fourth-order valence-corrected chi connectivity index (χ4v) is 1.42. The van der Waals surface area contributed by atoms with Crippen LogP contribution in [0.4, 0.5) is 0 Å². The van der Waals surface area contributed by atoms with E-state index < -0.39 is 0 Å². The third-order valence-corrected chi connectivity index (χ3v) is 3.01. The highest BCUT2D eigenvalue weighted by atomic mass is 35.5. The number of rotatable bonds is 8. The van der Waals surface area contributed by atoms with Gasteiger partial charge >= 0.3 is 0 Å². The van der Waals surface area contributed by atoms with E-state index in [1.54, 1.807) is 0 Å². The summed E-state index contributed by atoms with van der Waals surface area (Å²) in [6.45, 7) is 0.445. The Hall–Kier alpha value is 1.08. The third kappa shape index (κ3) is 20.5. The lowest BCUT2D eigenvalue weighted by atomic mass is 10.3. The van der Waals surface area contributed by atoms with Crippen molar-refractivity contribution in [1.82, 2.24) is 0 Å². The van der Waals surface area contributed by atoms with Crippen LogP contribution < -0.4 is 0 Å². The second kappa shape index (κ2) is 16.1. The van der Waals surface area contributed by atoms with Gasteiger partial charge in [-0.25, -0.2) is 0 Å². The predicted molar refractivity (Wildman–Crippen MR) is 73.1 cm³/mol. The van der Waals surface area contributed by atoms with E-state index in [0.717, 1.165) is 32.1 Å². The van der Waals surface area contributed by atoms with E-state index in [0.29, 0.717) is 5.88 Å². The van der Waals surface area contributed by atoms with Gasteiger partial charge in [0.1, 0.15) is 4.84 Å². The minimum Gasteiger partial charge on any atom is -0.396 e. The number of hydrogen-bond donors (Lipinski definition) is 2. The normalized spacial score (nSPS) is 12.2. The summed E-state index contributed by atoms with van der Waals surface area (Å²) in [4.78, 5) is -0.262. The lowest BCUT2D eigenvalue weighted by Gasteiger charge is -2.00. The van der Waals surface area contributed by atoms with Crippen molar-refractivity contribution in [3.63, 3.8) is 0 Å². The topological polar surface area (TPSA) is 40.5 Å². The second-order valence-corrected chi connectivity index (χ2v) is 5.43. The Balaban J connectivity index is 0. The van der Waals surface area contributed by atoms with Crippen LogP contribution in [0.5, 0.6) is 0 Å². The van der Waals surface area contributed by atoms with Crippen molar-refractivity contribution in [3.05, 3.63) is 0 Å². The summed E-state index contributed by atoms with van der Waals surface area (Å²) in [6.07, 6.45) is 4.05. The van der Waals surface area contributed by atoms with Crippen LogP contribution in [0.1, 0.15) is 32.1 Å². The number of aliphatic hydroxyl groups is 2. The molecule has 2 N–H and O–H groups in total. The lowest BCUT2D eigenvalue weighted by Crippen LogP contribution is -2.00. The molecule has 100 valence electrons. The molecule has 0 aromatic carbocycles. The zero-order chi connectivity index (χ0) is 12.8. The zero-order valence-corrected chi connectivity index (χ0v) is 12.2. The maximum Gasteiger partial charge on any atom is 0.107 e. The monoisotopic (exact) mass is 312 g/mol. The summed E-state index contributed by atoms with van der Waals surface area (Å²) in [5, 5.41) is 16.6. The van der Waals surface area contributed by atoms with Crippen molar-refractivity contribution in [1.29, 1.82) is 0 Å². The Morgan fingerprint density at radius 3 is 1.75 bits per heavy atom. The number of unbranched alkanes of at least 4 members (excludes halogenated alkanes) is 1. The minimum atomic E-state index is -0.262. The summed E-state index contributed by atoms with van der Waals surface area (Å²) < 4.78 is 0. The average molecular weight is 314 g/mol. The van der Waals surface area contributed by atoms with Gasteiger partial charge in [0.2, 0.25) is 0 Å². The molecule has 0 heterocycles. The van der Waals surface area contributed by atoms with E-state index in [9.17, 15) is 0 Å². The van der Waals surface area contributed by atoms with Gasteiger partial charge in [-0.1, -0.05) is 0 Å². The van der Waals surface area contributed by atoms with E-state index >= 15 is 0 Å². The van der Waals surface area contributed by atoms with E-state index in [2.05, 4.69) is 0 Å². The molecule has 0 radical (unpaired) electrons. The Morgan fingerprint density at radius 1 is 0.812 bits per heavy atom. The maximum atomic E-state index is 8.31. The van der Waals surface area contributed by atoms with Crippen molar-refractivity contribution in [2.24, 2.45) is 0 Å². The molecule has 0 fully saturated rings. The van der Waals surface area contributed by atoms with Gasteiger partial charge in [-0.2, -0.15) is 0 Å². The molecule has 0 aliphatic heterocycles. The maximum absolute atomic E-state index is 8.31. The van der Waals surface area contributed by atoms with Gasteiger partial charge < -0.3 is 10.2 Å². The average Bonchev–Trinajstić information content (AvgIpc) is 2.26. The molecule has 1 atom stereocenters. The fraction of sp³-hybridized carbons (Fsp3) is 1.00. The van der Waals surface area contributed by atoms with Crippen LogP contribution in [0.2, 0.25) is 0 Å². The summed E-state index contributed by atoms with van der Waals surface area (Å²) in [7, 11) is 0. The molecule has 0 saturated carbocycles. The van der Waals surface area contributed by atoms with Crippen molar-refractivity contribution in [3.8, 4) is 0 Å². The first-order chi connectivity index (χ1) is 7.58. The summed E-state index contributed by atoms with van der Waals surface area (Å²) in [6, 6.07) is 0. The van der Waals surface area contributed by atoms with E-state index in [1.165, 1.54) is 0 Å². The van der Waals surface area contributed by atoms with Gasteiger partial charge in [0.05, 0.1) is 0 Å². The Labute approximate surface area is 118 Å². The molecule has 1 unspecified atom stereocenters. The van der Waals surface area contributed by atoms with Crippen molar-refractivity contribution in [2.45, 2.75) is 42.3 Å². The number of halogens is 4. The Bertz CT molecular complexity index is 125. The molecule has 0 amide bonds. The molecule has 0 bridgehead atoms. The molecule has 16 heavy (non-hydrogen) atoms. The highest BCUT2D eigenvalue weighted by Gasteiger charge is 1.99.